The zero-order valence-corrected chi connectivity index (χ0v) is 15.3. The number of hydrogen-bond acceptors (Lipinski definition) is 5. The highest BCUT2D eigenvalue weighted by Crippen LogP contribution is 2.33. The van der Waals surface area contributed by atoms with Crippen LogP contribution in [0.15, 0.2) is 18.5 Å². The van der Waals surface area contributed by atoms with Gasteiger partial charge in [-0.3, -0.25) is 4.79 Å². The second-order valence-electron chi connectivity index (χ2n) is 6.15. The first-order valence-electron chi connectivity index (χ1n) is 8.12. The summed E-state index contributed by atoms with van der Waals surface area (Å²) in [5.41, 5.74) is 1.50. The minimum absolute atomic E-state index is 0.277. The Morgan fingerprint density at radius 1 is 1.36 bits per heavy atom. The van der Waals surface area contributed by atoms with Crippen molar-refractivity contribution in [2.75, 3.05) is 27.7 Å². The van der Waals surface area contributed by atoms with E-state index in [2.05, 4.69) is 15.4 Å². The van der Waals surface area contributed by atoms with Crippen molar-refractivity contribution in [3.63, 3.8) is 0 Å². The van der Waals surface area contributed by atoms with Crippen molar-refractivity contribution in [1.82, 2.24) is 28.5 Å². The minimum Gasteiger partial charge on any atom is -0.355 e. The van der Waals surface area contributed by atoms with E-state index in [1.54, 1.807) is 23.8 Å². The van der Waals surface area contributed by atoms with E-state index in [0.717, 1.165) is 12.8 Å². The summed E-state index contributed by atoms with van der Waals surface area (Å²) in [5.74, 6) is -0.277. The van der Waals surface area contributed by atoms with Crippen molar-refractivity contribution in [1.29, 1.82) is 0 Å². The molecule has 3 rings (SSSR count). The Labute approximate surface area is 146 Å². The Hall–Kier alpha value is -2.04. The lowest BCUT2D eigenvalue weighted by Gasteiger charge is -2.36. The average molecular weight is 366 g/mol. The molecule has 1 saturated heterocycles. The molecule has 1 atom stereocenters. The third-order valence-electron chi connectivity index (χ3n) is 4.46. The lowest BCUT2D eigenvalue weighted by atomic mass is 10.0. The number of carbonyl (C=O) groups is 1. The van der Waals surface area contributed by atoms with Crippen molar-refractivity contribution in [3.05, 3.63) is 29.7 Å². The normalized spacial score (nSPS) is 19.4. The molecule has 9 nitrogen and oxygen atoms in total. The molecule has 136 valence electrons. The van der Waals surface area contributed by atoms with Crippen molar-refractivity contribution >= 4 is 21.8 Å². The summed E-state index contributed by atoms with van der Waals surface area (Å²) >= 11 is 0. The summed E-state index contributed by atoms with van der Waals surface area (Å²) in [7, 11) is 1.05. The van der Waals surface area contributed by atoms with Gasteiger partial charge in [0.2, 0.25) is 0 Å². The zero-order chi connectivity index (χ0) is 18.2. The summed E-state index contributed by atoms with van der Waals surface area (Å²) < 4.78 is 29.7. The average Bonchev–Trinajstić information content (AvgIpc) is 3.05. The monoisotopic (exact) mass is 366 g/mol. The van der Waals surface area contributed by atoms with Gasteiger partial charge in [0.15, 0.2) is 5.65 Å². The maximum atomic E-state index is 12.7. The number of hydrogen-bond donors (Lipinski definition) is 1. The molecule has 0 aliphatic carbocycles. The number of nitrogens with one attached hydrogen (secondary N) is 1. The molecule has 10 heteroatoms. The summed E-state index contributed by atoms with van der Waals surface area (Å²) in [4.78, 5) is 16.2. The maximum absolute atomic E-state index is 12.7. The molecule has 3 heterocycles. The van der Waals surface area contributed by atoms with E-state index in [1.807, 2.05) is 0 Å². The van der Waals surface area contributed by atoms with Crippen LogP contribution in [0, 0.1) is 0 Å². The standard InChI is InChI=1S/C15H22N6O3S/c1-16-15(22)11-10-18-21-13(7-8-17-14(11)21)12-6-4-5-9-20(12)25(23,24)19(2)3/h7-8,10,12H,4-6,9H2,1-3H3,(H,16,22)/t12-/m1/s1. The van der Waals surface area contributed by atoms with Gasteiger partial charge in [-0.1, -0.05) is 6.42 Å². The number of aromatic nitrogens is 3. The van der Waals surface area contributed by atoms with Crippen molar-refractivity contribution in [3.8, 4) is 0 Å². The van der Waals surface area contributed by atoms with Crippen molar-refractivity contribution in [2.24, 2.45) is 0 Å². The molecule has 1 amide bonds. The first kappa shape index (κ1) is 17.8. The Bertz CT molecular complexity index is 892. The van der Waals surface area contributed by atoms with E-state index in [1.165, 1.54) is 28.9 Å². The quantitative estimate of drug-likeness (QED) is 0.845. The van der Waals surface area contributed by atoms with E-state index < -0.39 is 10.2 Å². The van der Waals surface area contributed by atoms with Crippen molar-refractivity contribution in [2.45, 2.75) is 25.3 Å². The highest BCUT2D eigenvalue weighted by Gasteiger charge is 2.36. The first-order chi connectivity index (χ1) is 11.9. The van der Waals surface area contributed by atoms with Gasteiger partial charge in [-0.05, 0) is 18.9 Å². The van der Waals surface area contributed by atoms with E-state index >= 15 is 0 Å². The van der Waals surface area contributed by atoms with Crippen LogP contribution in [0.1, 0.15) is 41.4 Å². The topological polar surface area (TPSA) is 99.9 Å². The van der Waals surface area contributed by atoms with Gasteiger partial charge in [-0.15, -0.1) is 0 Å². The number of nitrogens with zero attached hydrogens (tertiary/aromatic N) is 5. The van der Waals surface area contributed by atoms with Crippen LogP contribution < -0.4 is 5.32 Å². The van der Waals surface area contributed by atoms with Crippen LogP contribution in [0.4, 0.5) is 0 Å². The summed E-state index contributed by atoms with van der Waals surface area (Å²) in [5, 5.41) is 6.84. The fraction of sp³-hybridized carbons (Fsp3) is 0.533. The molecule has 25 heavy (non-hydrogen) atoms. The lowest BCUT2D eigenvalue weighted by molar-refractivity contribution is 0.0964. The van der Waals surface area contributed by atoms with Gasteiger partial charge >= 0.3 is 0 Å². The van der Waals surface area contributed by atoms with Crippen molar-refractivity contribution < 1.29 is 13.2 Å². The van der Waals surface area contributed by atoms with Crippen LogP contribution in [-0.4, -0.2) is 65.2 Å². The molecule has 0 radical (unpaired) electrons. The predicted molar refractivity (Wildman–Crippen MR) is 92.3 cm³/mol. The minimum atomic E-state index is -3.55. The van der Waals surface area contributed by atoms with E-state index in [9.17, 15) is 13.2 Å². The molecule has 0 saturated carbocycles. The smallest absolute Gasteiger partial charge is 0.282 e. The number of rotatable bonds is 4. The van der Waals surface area contributed by atoms with Gasteiger partial charge in [0, 0.05) is 33.9 Å². The number of carbonyl (C=O) groups excluding carboxylic acids is 1. The molecule has 0 aromatic carbocycles. The van der Waals surface area contributed by atoms with Gasteiger partial charge in [0.05, 0.1) is 17.9 Å². The van der Waals surface area contributed by atoms with Gasteiger partial charge in [0.25, 0.3) is 16.1 Å². The highest BCUT2D eigenvalue weighted by molar-refractivity contribution is 7.86. The SMILES string of the molecule is CNC(=O)c1cnn2c([C@H]3CCCCN3S(=O)(=O)N(C)C)ccnc12. The van der Waals surface area contributed by atoms with Gasteiger partial charge < -0.3 is 5.32 Å². The molecule has 0 spiro atoms. The second-order valence-corrected chi connectivity index (χ2v) is 8.25. The van der Waals surface area contributed by atoms with Gasteiger partial charge in [-0.2, -0.15) is 22.1 Å². The Morgan fingerprint density at radius 3 is 2.80 bits per heavy atom. The molecule has 1 aliphatic rings. The maximum Gasteiger partial charge on any atom is 0.282 e. The van der Waals surface area contributed by atoms with Gasteiger partial charge in [0.1, 0.15) is 5.56 Å². The van der Waals surface area contributed by atoms with Gasteiger partial charge in [-0.25, -0.2) is 9.50 Å². The molecular weight excluding hydrogens is 344 g/mol. The molecule has 0 bridgehead atoms. The summed E-state index contributed by atoms with van der Waals surface area (Å²) in [6.45, 7) is 0.457. The van der Waals surface area contributed by atoms with Crippen LogP contribution >= 0.6 is 0 Å². The van der Waals surface area contributed by atoms with Crippen LogP contribution in [0.2, 0.25) is 0 Å². The first-order valence-corrected chi connectivity index (χ1v) is 9.51. The third kappa shape index (κ3) is 3.00. The Balaban J connectivity index is 2.11. The second kappa shape index (κ2) is 6.70. The molecule has 2 aromatic rings. The fourth-order valence-corrected chi connectivity index (χ4v) is 4.46. The van der Waals surface area contributed by atoms with Crippen LogP contribution in [0.3, 0.4) is 0 Å². The Morgan fingerprint density at radius 2 is 2.12 bits per heavy atom. The molecule has 1 N–H and O–H groups in total. The van der Waals surface area contributed by atoms with E-state index in [-0.39, 0.29) is 11.9 Å². The number of amides is 1. The van der Waals surface area contributed by atoms with Crippen LogP contribution in [0.5, 0.6) is 0 Å². The number of fused-ring (bicyclic) bond motifs is 1. The van der Waals surface area contributed by atoms with Crippen LogP contribution in [0.25, 0.3) is 5.65 Å². The molecule has 1 fully saturated rings. The molecule has 2 aromatic heterocycles. The number of piperidine rings is 1. The predicted octanol–water partition coefficient (Wildman–Crippen LogP) is 0.422. The zero-order valence-electron chi connectivity index (χ0n) is 14.5. The lowest BCUT2D eigenvalue weighted by Crippen LogP contribution is -2.45. The fourth-order valence-electron chi connectivity index (χ4n) is 3.14. The Kier molecular flexibility index (Phi) is 4.76. The molecular formula is C15H22N6O3S. The van der Waals surface area contributed by atoms with Crippen LogP contribution in [-0.2, 0) is 10.2 Å². The van der Waals surface area contributed by atoms with E-state index in [4.69, 9.17) is 0 Å². The molecule has 0 unspecified atom stereocenters. The highest BCUT2D eigenvalue weighted by atomic mass is 32.2. The largest absolute Gasteiger partial charge is 0.355 e. The summed E-state index contributed by atoms with van der Waals surface area (Å²) in [6.07, 6.45) is 5.49. The molecule has 1 aliphatic heterocycles. The van der Waals surface area contributed by atoms with E-state index in [0.29, 0.717) is 29.9 Å². The summed E-state index contributed by atoms with van der Waals surface area (Å²) in [6, 6.07) is 1.42. The third-order valence-corrected chi connectivity index (χ3v) is 6.41.